The first-order chi connectivity index (χ1) is 14.3. The molecule has 1 saturated carbocycles. The monoisotopic (exact) mass is 414 g/mol. The van der Waals surface area contributed by atoms with Gasteiger partial charge in [0.05, 0.1) is 11.3 Å². The van der Waals surface area contributed by atoms with Crippen molar-refractivity contribution in [1.82, 2.24) is 5.32 Å². The van der Waals surface area contributed by atoms with Crippen LogP contribution in [0.2, 0.25) is 0 Å². The number of carbonyl (C=O) groups is 1. The number of hydrogen-bond acceptors (Lipinski definition) is 4. The van der Waals surface area contributed by atoms with E-state index in [0.29, 0.717) is 18.5 Å². The molecule has 2 aliphatic rings. The van der Waals surface area contributed by atoms with Crippen molar-refractivity contribution in [3.63, 3.8) is 0 Å². The van der Waals surface area contributed by atoms with E-state index in [0.717, 1.165) is 43.0 Å². The van der Waals surface area contributed by atoms with Crippen LogP contribution in [0.4, 0.5) is 20.2 Å². The second kappa shape index (κ2) is 8.08. The van der Waals surface area contributed by atoms with E-state index < -0.39 is 23.2 Å². The summed E-state index contributed by atoms with van der Waals surface area (Å²) in [5.41, 5.74) is 1.63. The lowest BCUT2D eigenvalue weighted by molar-refractivity contribution is -0.0948. The lowest BCUT2D eigenvalue weighted by Crippen LogP contribution is -2.61. The molecule has 0 radical (unpaired) electrons. The standard InChI is InChI=1S/C24H28F2N2O2/c1-14-6-9-19(15(2)11-14)28-22-17(7-8-18(25)21(22)26)23(29)16-12-24(30,13-16)20-5-3-4-10-27-20/h6-9,11,16,20,27-28,30H,3-5,10,12-13H2,1-2H3. The summed E-state index contributed by atoms with van der Waals surface area (Å²) < 4.78 is 28.7. The molecule has 1 aliphatic carbocycles. The third kappa shape index (κ3) is 3.86. The van der Waals surface area contributed by atoms with Crippen molar-refractivity contribution in [2.75, 3.05) is 11.9 Å². The molecule has 0 amide bonds. The number of nitrogens with one attached hydrogen (secondary N) is 2. The summed E-state index contributed by atoms with van der Waals surface area (Å²) in [6.45, 7) is 4.70. The number of ketones is 1. The van der Waals surface area contributed by atoms with Crippen molar-refractivity contribution < 1.29 is 18.7 Å². The van der Waals surface area contributed by atoms with Crippen LogP contribution in [-0.4, -0.2) is 29.1 Å². The van der Waals surface area contributed by atoms with Crippen molar-refractivity contribution in [2.45, 2.75) is 57.6 Å². The predicted octanol–water partition coefficient (Wildman–Crippen LogP) is 4.79. The van der Waals surface area contributed by atoms with Gasteiger partial charge >= 0.3 is 0 Å². The smallest absolute Gasteiger partial charge is 0.182 e. The van der Waals surface area contributed by atoms with Crippen molar-refractivity contribution in [3.05, 3.63) is 58.7 Å². The number of aliphatic hydroxyl groups is 1. The normalized spacial score (nSPS) is 26.2. The molecule has 1 unspecified atom stereocenters. The van der Waals surface area contributed by atoms with Crippen LogP contribution in [0.3, 0.4) is 0 Å². The minimum atomic E-state index is -1.07. The summed E-state index contributed by atoms with van der Waals surface area (Å²) in [6.07, 6.45) is 3.72. The quantitative estimate of drug-likeness (QED) is 0.616. The van der Waals surface area contributed by atoms with Gasteiger partial charge in [0.1, 0.15) is 0 Å². The highest BCUT2D eigenvalue weighted by atomic mass is 19.2. The topological polar surface area (TPSA) is 61.4 Å². The van der Waals surface area contributed by atoms with Gasteiger partial charge in [-0.3, -0.25) is 4.79 Å². The van der Waals surface area contributed by atoms with Gasteiger partial charge in [0.25, 0.3) is 0 Å². The van der Waals surface area contributed by atoms with Crippen LogP contribution in [0, 0.1) is 31.4 Å². The predicted molar refractivity (Wildman–Crippen MR) is 113 cm³/mol. The fourth-order valence-electron chi connectivity index (χ4n) is 4.76. The molecule has 30 heavy (non-hydrogen) atoms. The Kier molecular flexibility index (Phi) is 5.64. The maximum atomic E-state index is 14.7. The van der Waals surface area contributed by atoms with E-state index in [-0.39, 0.29) is 23.1 Å². The second-order valence-corrected chi connectivity index (χ2v) is 8.80. The molecular weight excluding hydrogens is 386 g/mol. The second-order valence-electron chi connectivity index (χ2n) is 8.80. The van der Waals surface area contributed by atoms with Gasteiger partial charge in [-0.2, -0.15) is 0 Å². The average Bonchev–Trinajstić information content (AvgIpc) is 2.71. The maximum absolute atomic E-state index is 14.7. The summed E-state index contributed by atoms with van der Waals surface area (Å²) in [5.74, 6) is -2.73. The summed E-state index contributed by atoms with van der Waals surface area (Å²) in [5, 5.41) is 17.2. The zero-order valence-electron chi connectivity index (χ0n) is 17.4. The largest absolute Gasteiger partial charge is 0.388 e. The van der Waals surface area contributed by atoms with Gasteiger partial charge in [0.2, 0.25) is 0 Å². The molecular formula is C24H28F2N2O2. The van der Waals surface area contributed by atoms with Crippen LogP contribution in [0.25, 0.3) is 0 Å². The number of Topliss-reactive ketones (excluding diaryl/α,β-unsaturated/α-hetero) is 1. The lowest BCUT2D eigenvalue weighted by Gasteiger charge is -2.49. The number of halogens is 2. The number of benzene rings is 2. The molecule has 1 atom stereocenters. The van der Waals surface area contributed by atoms with Crippen molar-refractivity contribution in [2.24, 2.45) is 5.92 Å². The molecule has 0 bridgehead atoms. The van der Waals surface area contributed by atoms with Gasteiger partial charge in [0, 0.05) is 23.2 Å². The molecule has 1 heterocycles. The Labute approximate surface area is 175 Å². The molecule has 1 saturated heterocycles. The van der Waals surface area contributed by atoms with E-state index in [2.05, 4.69) is 10.6 Å². The first-order valence-electron chi connectivity index (χ1n) is 10.6. The number of hydrogen-bond donors (Lipinski definition) is 3. The third-order valence-corrected chi connectivity index (χ3v) is 6.53. The van der Waals surface area contributed by atoms with Gasteiger partial charge in [-0.1, -0.05) is 24.1 Å². The van der Waals surface area contributed by atoms with Crippen LogP contribution in [0.5, 0.6) is 0 Å². The Morgan fingerprint density at radius 1 is 1.17 bits per heavy atom. The molecule has 3 N–H and O–H groups in total. The van der Waals surface area contributed by atoms with Gasteiger partial charge in [-0.05, 0) is 69.8 Å². The Hall–Kier alpha value is -2.31. The van der Waals surface area contributed by atoms with Gasteiger partial charge < -0.3 is 15.7 Å². The lowest BCUT2D eigenvalue weighted by atomic mass is 9.63. The highest BCUT2D eigenvalue weighted by Gasteiger charge is 2.51. The fourth-order valence-corrected chi connectivity index (χ4v) is 4.76. The van der Waals surface area contributed by atoms with Gasteiger partial charge in [-0.25, -0.2) is 8.78 Å². The van der Waals surface area contributed by atoms with Crippen LogP contribution in [0.1, 0.15) is 53.6 Å². The molecule has 160 valence electrons. The summed E-state index contributed by atoms with van der Waals surface area (Å²) in [7, 11) is 0. The Bertz CT molecular complexity index is 964. The summed E-state index contributed by atoms with van der Waals surface area (Å²) >= 11 is 0. The molecule has 4 nitrogen and oxygen atoms in total. The Morgan fingerprint density at radius 3 is 2.60 bits per heavy atom. The van der Waals surface area contributed by atoms with E-state index in [1.807, 2.05) is 26.0 Å². The number of piperidine rings is 1. The average molecular weight is 414 g/mol. The van der Waals surface area contributed by atoms with E-state index in [4.69, 9.17) is 0 Å². The molecule has 0 aromatic heterocycles. The van der Waals surface area contributed by atoms with Crippen LogP contribution < -0.4 is 10.6 Å². The van der Waals surface area contributed by atoms with E-state index in [1.54, 1.807) is 6.07 Å². The highest BCUT2D eigenvalue weighted by Crippen LogP contribution is 2.45. The van der Waals surface area contributed by atoms with E-state index in [1.165, 1.54) is 6.07 Å². The molecule has 2 aromatic rings. The first-order valence-corrected chi connectivity index (χ1v) is 10.6. The van der Waals surface area contributed by atoms with Crippen molar-refractivity contribution >= 4 is 17.2 Å². The summed E-state index contributed by atoms with van der Waals surface area (Å²) in [4.78, 5) is 13.2. The minimum Gasteiger partial charge on any atom is -0.388 e. The molecule has 0 spiro atoms. The van der Waals surface area contributed by atoms with Gasteiger partial charge in [0.15, 0.2) is 17.4 Å². The van der Waals surface area contributed by atoms with Crippen LogP contribution in [-0.2, 0) is 0 Å². The van der Waals surface area contributed by atoms with E-state index >= 15 is 0 Å². The number of rotatable bonds is 5. The SMILES string of the molecule is Cc1ccc(Nc2c(C(=O)C3CC(O)(C4CCCCN4)C3)ccc(F)c2F)c(C)c1. The molecule has 4 rings (SSSR count). The first kappa shape index (κ1) is 20.9. The fraction of sp³-hybridized carbons (Fsp3) is 0.458. The number of aryl methyl sites for hydroxylation is 2. The Balaban J connectivity index is 1.57. The molecule has 6 heteroatoms. The van der Waals surface area contributed by atoms with Crippen molar-refractivity contribution in [1.29, 1.82) is 0 Å². The molecule has 2 aromatic carbocycles. The molecule has 2 fully saturated rings. The zero-order valence-corrected chi connectivity index (χ0v) is 17.4. The van der Waals surface area contributed by atoms with Crippen LogP contribution in [0.15, 0.2) is 30.3 Å². The zero-order chi connectivity index (χ0) is 21.5. The minimum absolute atomic E-state index is 0.00643. The van der Waals surface area contributed by atoms with E-state index in [9.17, 15) is 18.7 Å². The van der Waals surface area contributed by atoms with Crippen LogP contribution >= 0.6 is 0 Å². The summed E-state index contributed by atoms with van der Waals surface area (Å²) in [6, 6.07) is 7.92. The highest BCUT2D eigenvalue weighted by molar-refractivity contribution is 6.04. The maximum Gasteiger partial charge on any atom is 0.182 e. The van der Waals surface area contributed by atoms with Gasteiger partial charge in [-0.15, -0.1) is 0 Å². The number of anilines is 2. The number of carbonyl (C=O) groups excluding carboxylic acids is 1. The molecule has 1 aliphatic heterocycles. The third-order valence-electron chi connectivity index (χ3n) is 6.53. The van der Waals surface area contributed by atoms with Crippen molar-refractivity contribution in [3.8, 4) is 0 Å². The Morgan fingerprint density at radius 2 is 1.93 bits per heavy atom.